The molecule has 0 amide bonds. The van der Waals surface area contributed by atoms with Gasteiger partial charge in [-0.2, -0.15) is 0 Å². The van der Waals surface area contributed by atoms with Gasteiger partial charge in [-0.1, -0.05) is 60.3 Å². The van der Waals surface area contributed by atoms with E-state index in [2.05, 4.69) is 13.8 Å². The van der Waals surface area contributed by atoms with E-state index in [-0.39, 0.29) is 0 Å². The summed E-state index contributed by atoms with van der Waals surface area (Å²) in [5.41, 5.74) is 1.81. The Morgan fingerprint density at radius 3 is 2.25 bits per heavy atom. The van der Waals surface area contributed by atoms with Crippen molar-refractivity contribution in [2.75, 3.05) is 5.88 Å². The molecule has 88 valence electrons. The van der Waals surface area contributed by atoms with Crippen LogP contribution in [-0.4, -0.2) is 5.88 Å². The summed E-state index contributed by atoms with van der Waals surface area (Å²) in [5, 5.41) is 1.55. The van der Waals surface area contributed by atoms with Gasteiger partial charge in [0.05, 0.1) is 10.0 Å². The van der Waals surface area contributed by atoms with Gasteiger partial charge in [0, 0.05) is 16.5 Å². The lowest BCUT2D eigenvalue weighted by molar-refractivity contribution is 0.778. The quantitative estimate of drug-likeness (QED) is 0.479. The standard InChI is InChI=1S/C12H12Cl4/c1-7(2)8(6-13)5-9-10(14)3-4-11(15)12(9)16/h3-5,7H,6H2,1-2H3/b8-5+. The Morgan fingerprint density at radius 2 is 1.75 bits per heavy atom. The number of hydrogen-bond donors (Lipinski definition) is 0. The van der Waals surface area contributed by atoms with Gasteiger partial charge in [0.15, 0.2) is 0 Å². The molecule has 0 radical (unpaired) electrons. The second-order valence-electron chi connectivity index (χ2n) is 3.76. The number of rotatable bonds is 3. The van der Waals surface area contributed by atoms with E-state index in [1.54, 1.807) is 12.1 Å². The Morgan fingerprint density at radius 1 is 1.19 bits per heavy atom. The molecule has 0 fully saturated rings. The van der Waals surface area contributed by atoms with Crippen molar-refractivity contribution in [2.45, 2.75) is 13.8 Å². The molecule has 0 spiro atoms. The average molecular weight is 298 g/mol. The largest absolute Gasteiger partial charge is 0.122 e. The predicted molar refractivity (Wildman–Crippen MR) is 75.0 cm³/mol. The first-order chi connectivity index (χ1) is 7.47. The van der Waals surface area contributed by atoms with Crippen molar-refractivity contribution in [3.8, 4) is 0 Å². The molecule has 16 heavy (non-hydrogen) atoms. The minimum Gasteiger partial charge on any atom is -0.122 e. The number of allylic oxidation sites excluding steroid dienone is 1. The third-order valence-corrected chi connectivity index (χ3v) is 3.76. The number of alkyl halides is 1. The van der Waals surface area contributed by atoms with E-state index in [1.165, 1.54) is 0 Å². The molecule has 0 saturated carbocycles. The van der Waals surface area contributed by atoms with Crippen molar-refractivity contribution >= 4 is 52.5 Å². The van der Waals surface area contributed by atoms with Crippen LogP contribution in [0.3, 0.4) is 0 Å². The van der Waals surface area contributed by atoms with Crippen molar-refractivity contribution in [1.29, 1.82) is 0 Å². The topological polar surface area (TPSA) is 0 Å². The van der Waals surface area contributed by atoms with Crippen LogP contribution in [0.5, 0.6) is 0 Å². The van der Waals surface area contributed by atoms with E-state index in [4.69, 9.17) is 46.4 Å². The molecule has 0 aromatic heterocycles. The summed E-state index contributed by atoms with van der Waals surface area (Å²) in [6.07, 6.45) is 1.91. The molecular formula is C12H12Cl4. The van der Waals surface area contributed by atoms with Gasteiger partial charge in [-0.25, -0.2) is 0 Å². The summed E-state index contributed by atoms with van der Waals surface area (Å²) < 4.78 is 0. The Balaban J connectivity index is 3.28. The first kappa shape index (κ1) is 14.2. The maximum Gasteiger partial charge on any atom is 0.0679 e. The van der Waals surface area contributed by atoms with E-state index in [0.29, 0.717) is 26.9 Å². The zero-order valence-electron chi connectivity index (χ0n) is 9.03. The highest BCUT2D eigenvalue weighted by molar-refractivity contribution is 6.44. The Bertz CT molecular complexity index is 408. The van der Waals surface area contributed by atoms with Crippen LogP contribution >= 0.6 is 46.4 Å². The van der Waals surface area contributed by atoms with Crippen LogP contribution < -0.4 is 0 Å². The van der Waals surface area contributed by atoms with Crippen molar-refractivity contribution in [1.82, 2.24) is 0 Å². The van der Waals surface area contributed by atoms with Crippen LogP contribution in [0.2, 0.25) is 15.1 Å². The molecule has 0 aliphatic rings. The molecule has 1 rings (SSSR count). The third kappa shape index (κ3) is 3.30. The van der Waals surface area contributed by atoms with Crippen molar-refractivity contribution in [3.05, 3.63) is 38.3 Å². The number of halogens is 4. The van der Waals surface area contributed by atoms with Gasteiger partial charge in [-0.3, -0.25) is 0 Å². The summed E-state index contributed by atoms with van der Waals surface area (Å²) in [7, 11) is 0. The fourth-order valence-electron chi connectivity index (χ4n) is 1.22. The van der Waals surface area contributed by atoms with Crippen molar-refractivity contribution in [2.24, 2.45) is 5.92 Å². The number of benzene rings is 1. The van der Waals surface area contributed by atoms with Gasteiger partial charge in [0.2, 0.25) is 0 Å². The molecule has 0 heterocycles. The predicted octanol–water partition coefficient (Wildman–Crippen LogP) is 5.93. The molecule has 4 heteroatoms. The SMILES string of the molecule is CC(C)/C(=C/c1c(Cl)ccc(Cl)c1Cl)CCl. The van der Waals surface area contributed by atoms with Crippen LogP contribution in [0.4, 0.5) is 0 Å². The lowest BCUT2D eigenvalue weighted by Crippen LogP contribution is -1.95. The second-order valence-corrected chi connectivity index (χ2v) is 5.22. The molecular weight excluding hydrogens is 286 g/mol. The van der Waals surface area contributed by atoms with E-state index < -0.39 is 0 Å². The van der Waals surface area contributed by atoms with E-state index in [0.717, 1.165) is 11.1 Å². The molecule has 0 unspecified atom stereocenters. The molecule has 0 aliphatic carbocycles. The Labute approximate surface area is 116 Å². The van der Waals surface area contributed by atoms with Crippen LogP contribution in [0, 0.1) is 5.92 Å². The van der Waals surface area contributed by atoms with E-state index >= 15 is 0 Å². The normalized spacial score (nSPS) is 12.3. The zero-order chi connectivity index (χ0) is 12.3. The summed E-state index contributed by atoms with van der Waals surface area (Å²) in [4.78, 5) is 0. The van der Waals surface area contributed by atoms with Gasteiger partial charge < -0.3 is 0 Å². The van der Waals surface area contributed by atoms with Crippen molar-refractivity contribution in [3.63, 3.8) is 0 Å². The van der Waals surface area contributed by atoms with Crippen LogP contribution in [0.15, 0.2) is 17.7 Å². The van der Waals surface area contributed by atoms with E-state index in [1.807, 2.05) is 6.08 Å². The van der Waals surface area contributed by atoms with Crippen LogP contribution in [0.1, 0.15) is 19.4 Å². The minimum absolute atomic E-state index is 0.351. The maximum atomic E-state index is 6.10. The monoisotopic (exact) mass is 296 g/mol. The zero-order valence-corrected chi connectivity index (χ0v) is 12.1. The fourth-order valence-corrected chi connectivity index (χ4v) is 2.25. The first-order valence-electron chi connectivity index (χ1n) is 4.87. The molecule has 1 aromatic rings. The highest BCUT2D eigenvalue weighted by Gasteiger charge is 2.10. The smallest absolute Gasteiger partial charge is 0.0679 e. The van der Waals surface area contributed by atoms with Crippen LogP contribution in [-0.2, 0) is 0 Å². The minimum atomic E-state index is 0.351. The first-order valence-corrected chi connectivity index (χ1v) is 6.54. The number of hydrogen-bond acceptors (Lipinski definition) is 0. The Kier molecular flexibility index (Phi) is 5.46. The second kappa shape index (κ2) is 6.16. The lowest BCUT2D eigenvalue weighted by Gasteiger charge is -2.10. The highest BCUT2D eigenvalue weighted by Crippen LogP contribution is 2.33. The van der Waals surface area contributed by atoms with Gasteiger partial charge in [0.1, 0.15) is 0 Å². The summed E-state index contributed by atoms with van der Waals surface area (Å²) in [6.45, 7) is 4.14. The van der Waals surface area contributed by atoms with Gasteiger partial charge in [0.25, 0.3) is 0 Å². The fraction of sp³-hybridized carbons (Fsp3) is 0.333. The Hall–Kier alpha value is 0.120. The highest BCUT2D eigenvalue weighted by atomic mass is 35.5. The van der Waals surface area contributed by atoms with Gasteiger partial charge >= 0.3 is 0 Å². The molecule has 0 nitrogen and oxygen atoms in total. The molecule has 0 atom stereocenters. The summed E-state index contributed by atoms with van der Waals surface area (Å²) in [6, 6.07) is 3.41. The molecule has 0 saturated heterocycles. The third-order valence-electron chi connectivity index (χ3n) is 2.31. The van der Waals surface area contributed by atoms with Gasteiger partial charge in [-0.15, -0.1) is 11.6 Å². The van der Waals surface area contributed by atoms with Crippen molar-refractivity contribution < 1.29 is 0 Å². The van der Waals surface area contributed by atoms with Gasteiger partial charge in [-0.05, 0) is 18.1 Å². The average Bonchev–Trinajstić information content (AvgIpc) is 2.23. The summed E-state index contributed by atoms with van der Waals surface area (Å²) in [5.74, 6) is 0.806. The summed E-state index contributed by atoms with van der Waals surface area (Å²) >= 11 is 24.0. The van der Waals surface area contributed by atoms with E-state index in [9.17, 15) is 0 Å². The maximum absolute atomic E-state index is 6.10. The molecule has 0 aliphatic heterocycles. The lowest BCUT2D eigenvalue weighted by atomic mass is 10.0. The molecule has 0 bridgehead atoms. The van der Waals surface area contributed by atoms with Crippen LogP contribution in [0.25, 0.3) is 6.08 Å². The molecule has 1 aromatic carbocycles. The molecule has 0 N–H and O–H groups in total.